The van der Waals surface area contributed by atoms with Crippen LogP contribution in [-0.4, -0.2) is 35.6 Å². The minimum Gasteiger partial charge on any atom is -0.493 e. The van der Waals surface area contributed by atoms with Gasteiger partial charge in [-0.2, -0.15) is 13.2 Å². The molecule has 7 nitrogen and oxygen atoms in total. The standard InChI is InChI=1S/C27H19BrF4N2O5S/c1-38-21-10-15(9-19(28)24(21)39-14-16-5-2-3-8-20(16)29)11-22-25(36)34(26(37)40-22)13-23(35)33-18-7-4-6-17(12-18)27(30,31)32/h2-12H,13-14H2,1H3,(H,33,35)/b22-11-. The Morgan fingerprint density at radius 1 is 1.10 bits per heavy atom. The highest BCUT2D eigenvalue weighted by Gasteiger charge is 2.36. The van der Waals surface area contributed by atoms with Gasteiger partial charge in [0, 0.05) is 11.3 Å². The summed E-state index contributed by atoms with van der Waals surface area (Å²) >= 11 is 3.98. The summed E-state index contributed by atoms with van der Waals surface area (Å²) in [7, 11) is 1.40. The van der Waals surface area contributed by atoms with Crippen molar-refractivity contribution in [1.29, 1.82) is 0 Å². The van der Waals surface area contributed by atoms with Crippen LogP contribution in [0.2, 0.25) is 0 Å². The van der Waals surface area contributed by atoms with Crippen molar-refractivity contribution in [2.45, 2.75) is 12.8 Å². The minimum absolute atomic E-state index is 0.0193. The normalized spacial score (nSPS) is 14.6. The molecule has 1 saturated heterocycles. The fraction of sp³-hybridized carbons (Fsp3) is 0.148. The zero-order chi connectivity index (χ0) is 29.0. The van der Waals surface area contributed by atoms with E-state index in [2.05, 4.69) is 21.2 Å². The number of amides is 3. The predicted octanol–water partition coefficient (Wildman–Crippen LogP) is 6.87. The van der Waals surface area contributed by atoms with Crippen LogP contribution in [0.25, 0.3) is 6.08 Å². The third kappa shape index (κ3) is 6.83. The summed E-state index contributed by atoms with van der Waals surface area (Å²) < 4.78 is 64.3. The molecular weight excluding hydrogens is 620 g/mol. The Bertz CT molecular complexity index is 1510. The van der Waals surface area contributed by atoms with E-state index in [0.29, 0.717) is 38.0 Å². The number of nitrogens with one attached hydrogen (secondary N) is 1. The van der Waals surface area contributed by atoms with Crippen molar-refractivity contribution in [3.05, 3.63) is 92.5 Å². The molecule has 208 valence electrons. The van der Waals surface area contributed by atoms with Crippen LogP contribution in [0.15, 0.2) is 70.0 Å². The van der Waals surface area contributed by atoms with Crippen molar-refractivity contribution in [3.8, 4) is 11.5 Å². The lowest BCUT2D eigenvalue weighted by Crippen LogP contribution is -2.36. The molecule has 0 saturated carbocycles. The number of benzene rings is 3. The molecule has 13 heteroatoms. The summed E-state index contributed by atoms with van der Waals surface area (Å²) in [6, 6.07) is 13.3. The molecule has 0 aliphatic carbocycles. The summed E-state index contributed by atoms with van der Waals surface area (Å²) in [6.45, 7) is -0.753. The molecule has 3 aromatic rings. The topological polar surface area (TPSA) is 84.9 Å². The zero-order valence-electron chi connectivity index (χ0n) is 20.6. The Kier molecular flexibility index (Phi) is 8.84. The first-order valence-corrected chi connectivity index (χ1v) is 13.0. The van der Waals surface area contributed by atoms with Gasteiger partial charge in [0.15, 0.2) is 11.5 Å². The molecule has 0 unspecified atom stereocenters. The number of ether oxygens (including phenoxy) is 2. The van der Waals surface area contributed by atoms with Crippen LogP contribution in [0.5, 0.6) is 11.5 Å². The van der Waals surface area contributed by atoms with Crippen molar-refractivity contribution in [1.82, 2.24) is 4.90 Å². The van der Waals surface area contributed by atoms with Crippen LogP contribution in [0, 0.1) is 5.82 Å². The van der Waals surface area contributed by atoms with E-state index in [1.54, 1.807) is 30.3 Å². The molecule has 0 bridgehead atoms. The van der Waals surface area contributed by atoms with E-state index in [1.807, 2.05) is 0 Å². The highest BCUT2D eigenvalue weighted by atomic mass is 79.9. The first kappa shape index (κ1) is 29.2. The van der Waals surface area contributed by atoms with Gasteiger partial charge in [-0.3, -0.25) is 19.3 Å². The number of rotatable bonds is 8. The van der Waals surface area contributed by atoms with E-state index >= 15 is 0 Å². The number of halogens is 5. The van der Waals surface area contributed by atoms with Gasteiger partial charge in [0.1, 0.15) is 19.0 Å². The van der Waals surface area contributed by atoms with E-state index in [1.165, 1.54) is 25.3 Å². The number of nitrogens with zero attached hydrogens (tertiary/aromatic N) is 1. The van der Waals surface area contributed by atoms with Gasteiger partial charge in [-0.25, -0.2) is 4.39 Å². The van der Waals surface area contributed by atoms with Gasteiger partial charge in [-0.05, 0) is 75.7 Å². The van der Waals surface area contributed by atoms with Gasteiger partial charge in [-0.15, -0.1) is 0 Å². The Labute approximate surface area is 238 Å². The number of carbonyl (C=O) groups is 3. The highest BCUT2D eigenvalue weighted by molar-refractivity contribution is 9.10. The second kappa shape index (κ2) is 12.1. The summed E-state index contributed by atoms with van der Waals surface area (Å²) in [4.78, 5) is 38.5. The maximum Gasteiger partial charge on any atom is 0.416 e. The monoisotopic (exact) mass is 638 g/mol. The average Bonchev–Trinajstić information content (AvgIpc) is 3.15. The summed E-state index contributed by atoms with van der Waals surface area (Å²) in [5.74, 6) is -1.44. The third-order valence-corrected chi connectivity index (χ3v) is 7.02. The maximum absolute atomic E-state index is 14.0. The number of imide groups is 1. The van der Waals surface area contributed by atoms with Crippen molar-refractivity contribution in [2.75, 3.05) is 19.0 Å². The third-order valence-electron chi connectivity index (χ3n) is 5.53. The lowest BCUT2D eigenvalue weighted by Gasteiger charge is -2.14. The number of carbonyl (C=O) groups excluding carboxylic acids is 3. The second-order valence-electron chi connectivity index (χ2n) is 8.31. The number of hydrogen-bond donors (Lipinski definition) is 1. The maximum atomic E-state index is 14.0. The average molecular weight is 639 g/mol. The van der Waals surface area contributed by atoms with Gasteiger partial charge in [0.05, 0.1) is 22.1 Å². The fourth-order valence-electron chi connectivity index (χ4n) is 3.63. The van der Waals surface area contributed by atoms with Crippen molar-refractivity contribution in [3.63, 3.8) is 0 Å². The summed E-state index contributed by atoms with van der Waals surface area (Å²) in [6.07, 6.45) is -3.18. The number of methoxy groups -OCH3 is 1. The van der Waals surface area contributed by atoms with Gasteiger partial charge in [0.2, 0.25) is 5.91 Å². The molecule has 0 aromatic heterocycles. The van der Waals surface area contributed by atoms with Crippen molar-refractivity contribution in [2.24, 2.45) is 0 Å². The minimum atomic E-state index is -4.60. The van der Waals surface area contributed by atoms with Gasteiger partial charge in [0.25, 0.3) is 11.1 Å². The zero-order valence-corrected chi connectivity index (χ0v) is 23.0. The quantitative estimate of drug-likeness (QED) is 0.214. The Hall–Kier alpha value is -3.84. The molecule has 0 spiro atoms. The Morgan fingerprint density at radius 3 is 2.55 bits per heavy atom. The summed E-state index contributed by atoms with van der Waals surface area (Å²) in [5, 5.41) is 1.55. The van der Waals surface area contributed by atoms with Crippen LogP contribution in [0.4, 0.5) is 28.0 Å². The van der Waals surface area contributed by atoms with Gasteiger partial charge in [-0.1, -0.05) is 24.3 Å². The number of thioether (sulfide) groups is 1. The molecule has 1 N–H and O–H groups in total. The molecule has 1 heterocycles. The Balaban J connectivity index is 1.46. The van der Waals surface area contributed by atoms with Crippen LogP contribution < -0.4 is 14.8 Å². The van der Waals surface area contributed by atoms with E-state index in [9.17, 15) is 31.9 Å². The predicted molar refractivity (Wildman–Crippen MR) is 144 cm³/mol. The van der Waals surface area contributed by atoms with Crippen molar-refractivity contribution >= 4 is 56.5 Å². The lowest BCUT2D eigenvalue weighted by molar-refractivity contribution is -0.137. The molecule has 1 aliphatic rings. The van der Waals surface area contributed by atoms with E-state index in [4.69, 9.17) is 9.47 Å². The van der Waals surface area contributed by atoms with Gasteiger partial charge < -0.3 is 14.8 Å². The van der Waals surface area contributed by atoms with E-state index in [-0.39, 0.29) is 22.9 Å². The van der Waals surface area contributed by atoms with Crippen LogP contribution >= 0.6 is 27.7 Å². The van der Waals surface area contributed by atoms with E-state index < -0.39 is 41.2 Å². The molecule has 3 amide bonds. The SMILES string of the molecule is COc1cc(/C=C2\SC(=O)N(CC(=O)Nc3cccc(C(F)(F)F)c3)C2=O)cc(Br)c1OCc1ccccc1F. The molecule has 40 heavy (non-hydrogen) atoms. The number of anilines is 1. The van der Waals surface area contributed by atoms with Crippen molar-refractivity contribution < 1.29 is 41.4 Å². The van der Waals surface area contributed by atoms with Gasteiger partial charge >= 0.3 is 6.18 Å². The number of alkyl halides is 3. The van der Waals surface area contributed by atoms with E-state index in [0.717, 1.165) is 18.2 Å². The van der Waals surface area contributed by atoms with Crippen LogP contribution in [0.1, 0.15) is 16.7 Å². The first-order chi connectivity index (χ1) is 19.0. The molecule has 3 aromatic carbocycles. The number of hydrogen-bond acceptors (Lipinski definition) is 6. The largest absolute Gasteiger partial charge is 0.493 e. The molecule has 4 rings (SSSR count). The molecule has 1 aliphatic heterocycles. The smallest absolute Gasteiger partial charge is 0.416 e. The molecule has 0 atom stereocenters. The van der Waals surface area contributed by atoms with Crippen LogP contribution in [0.3, 0.4) is 0 Å². The summed E-state index contributed by atoms with van der Waals surface area (Å²) in [5.41, 5.74) is -0.284. The first-order valence-electron chi connectivity index (χ1n) is 11.4. The molecular formula is C27H19BrF4N2O5S. The molecule has 0 radical (unpaired) electrons. The van der Waals surface area contributed by atoms with Crippen LogP contribution in [-0.2, 0) is 22.4 Å². The lowest BCUT2D eigenvalue weighted by atomic mass is 10.1. The second-order valence-corrected chi connectivity index (χ2v) is 10.2. The highest BCUT2D eigenvalue weighted by Crippen LogP contribution is 2.39. The molecule has 1 fully saturated rings. The Morgan fingerprint density at radius 2 is 1.85 bits per heavy atom. The fourth-order valence-corrected chi connectivity index (χ4v) is 5.05.